The van der Waals surface area contributed by atoms with Crippen molar-refractivity contribution < 1.29 is 26.8 Å². The van der Waals surface area contributed by atoms with E-state index in [0.717, 1.165) is 24.0 Å². The minimum Gasteiger partial charge on any atom is -0.354 e. The van der Waals surface area contributed by atoms with E-state index < -0.39 is 46.1 Å². The Balaban J connectivity index is 2.05. The molecule has 0 spiro atoms. The highest BCUT2D eigenvalue weighted by Gasteiger charge is 2.33. The Hall–Kier alpha value is -3.50. The first kappa shape index (κ1) is 31.0. The molecule has 214 valence electrons. The fraction of sp³-hybridized carbons (Fsp3) is 0.310. The van der Waals surface area contributed by atoms with Crippen LogP contribution >= 0.6 is 11.6 Å². The number of hydrogen-bond acceptors (Lipinski definition) is 4. The van der Waals surface area contributed by atoms with Gasteiger partial charge in [-0.1, -0.05) is 67.9 Å². The Morgan fingerprint density at radius 1 is 0.925 bits per heavy atom. The van der Waals surface area contributed by atoms with Gasteiger partial charge in [-0.3, -0.25) is 13.9 Å². The fourth-order valence-electron chi connectivity index (χ4n) is 4.02. The van der Waals surface area contributed by atoms with Crippen LogP contribution in [0, 0.1) is 17.6 Å². The van der Waals surface area contributed by atoms with Crippen LogP contribution in [0.15, 0.2) is 72.8 Å². The first-order valence-electron chi connectivity index (χ1n) is 12.6. The van der Waals surface area contributed by atoms with Crippen molar-refractivity contribution in [2.75, 3.05) is 23.7 Å². The molecule has 11 heteroatoms. The van der Waals surface area contributed by atoms with Gasteiger partial charge in [-0.2, -0.15) is 0 Å². The molecule has 0 fully saturated rings. The summed E-state index contributed by atoms with van der Waals surface area (Å²) in [5.41, 5.74) is 1.23. The van der Waals surface area contributed by atoms with Gasteiger partial charge in [0.1, 0.15) is 12.6 Å². The standard InChI is InChI=1S/C29H32ClF2N3O4S/c1-20(2)17-33-29(37)27(15-21-7-5-4-6-8-21)34(18-22-9-11-23(30)12-10-22)28(36)19-35(40(3,38)39)24-13-14-25(31)26(32)16-24/h4-14,16,20,27H,15,17-19H2,1-3H3,(H,33,37)/t27-/m0/s1. The van der Waals surface area contributed by atoms with E-state index in [0.29, 0.717) is 27.5 Å². The molecule has 0 unspecified atom stereocenters. The summed E-state index contributed by atoms with van der Waals surface area (Å²) in [6.07, 6.45) is 1.02. The molecule has 3 aromatic carbocycles. The van der Waals surface area contributed by atoms with Crippen LogP contribution in [0.25, 0.3) is 0 Å². The third-order valence-electron chi connectivity index (χ3n) is 6.09. The average Bonchev–Trinajstić information content (AvgIpc) is 2.90. The molecule has 0 aliphatic rings. The zero-order chi connectivity index (χ0) is 29.4. The van der Waals surface area contributed by atoms with Crippen molar-refractivity contribution in [2.24, 2.45) is 5.92 Å². The van der Waals surface area contributed by atoms with Gasteiger partial charge in [-0.05, 0) is 41.3 Å². The van der Waals surface area contributed by atoms with Gasteiger partial charge in [-0.25, -0.2) is 17.2 Å². The summed E-state index contributed by atoms with van der Waals surface area (Å²) < 4.78 is 53.7. The highest BCUT2D eigenvalue weighted by Crippen LogP contribution is 2.23. The van der Waals surface area contributed by atoms with Gasteiger partial charge in [0, 0.05) is 30.6 Å². The molecule has 2 amide bonds. The number of benzene rings is 3. The molecule has 0 aliphatic carbocycles. The predicted molar refractivity (Wildman–Crippen MR) is 152 cm³/mol. The second-order valence-corrected chi connectivity index (χ2v) is 12.2. The maximum absolute atomic E-state index is 14.0. The summed E-state index contributed by atoms with van der Waals surface area (Å²) >= 11 is 6.04. The largest absolute Gasteiger partial charge is 0.354 e. The maximum Gasteiger partial charge on any atom is 0.244 e. The van der Waals surface area contributed by atoms with Crippen LogP contribution in [0.4, 0.5) is 14.5 Å². The van der Waals surface area contributed by atoms with Gasteiger partial charge in [0.15, 0.2) is 11.6 Å². The van der Waals surface area contributed by atoms with E-state index in [2.05, 4.69) is 5.32 Å². The summed E-state index contributed by atoms with van der Waals surface area (Å²) in [7, 11) is -4.10. The highest BCUT2D eigenvalue weighted by molar-refractivity contribution is 7.92. The van der Waals surface area contributed by atoms with Crippen LogP contribution < -0.4 is 9.62 Å². The lowest BCUT2D eigenvalue weighted by molar-refractivity contribution is -0.140. The van der Waals surface area contributed by atoms with Crippen molar-refractivity contribution >= 4 is 39.1 Å². The second kappa shape index (κ2) is 13.7. The third-order valence-corrected chi connectivity index (χ3v) is 7.48. The van der Waals surface area contributed by atoms with Crippen LogP contribution in [0.3, 0.4) is 0 Å². The van der Waals surface area contributed by atoms with Gasteiger partial charge < -0.3 is 10.2 Å². The summed E-state index contributed by atoms with van der Waals surface area (Å²) in [5, 5.41) is 3.37. The number of hydrogen-bond donors (Lipinski definition) is 1. The SMILES string of the molecule is CC(C)CNC(=O)[C@H](Cc1ccccc1)N(Cc1ccc(Cl)cc1)C(=O)CN(c1ccc(F)c(F)c1)S(C)(=O)=O. The lowest BCUT2D eigenvalue weighted by Crippen LogP contribution is -2.53. The van der Waals surface area contributed by atoms with Crippen molar-refractivity contribution in [3.05, 3.63) is 101 Å². The number of rotatable bonds is 12. The fourth-order valence-corrected chi connectivity index (χ4v) is 4.98. The summed E-state index contributed by atoms with van der Waals surface area (Å²) in [6, 6.07) is 17.4. The zero-order valence-corrected chi connectivity index (χ0v) is 24.1. The lowest BCUT2D eigenvalue weighted by Gasteiger charge is -2.33. The summed E-state index contributed by atoms with van der Waals surface area (Å²) in [6.45, 7) is 3.49. The van der Waals surface area contributed by atoms with Crippen molar-refractivity contribution in [3.63, 3.8) is 0 Å². The molecule has 7 nitrogen and oxygen atoms in total. The first-order chi connectivity index (χ1) is 18.8. The van der Waals surface area contributed by atoms with E-state index in [1.807, 2.05) is 44.2 Å². The highest BCUT2D eigenvalue weighted by atomic mass is 35.5. The van der Waals surface area contributed by atoms with E-state index in [1.165, 1.54) is 4.90 Å². The lowest BCUT2D eigenvalue weighted by atomic mass is 10.0. The van der Waals surface area contributed by atoms with Gasteiger partial charge in [0.25, 0.3) is 0 Å². The normalized spacial score (nSPS) is 12.2. The van der Waals surface area contributed by atoms with E-state index in [9.17, 15) is 26.8 Å². The molecule has 0 aliphatic heterocycles. The van der Waals surface area contributed by atoms with Gasteiger partial charge in [0.2, 0.25) is 21.8 Å². The number of nitrogens with one attached hydrogen (secondary N) is 1. The van der Waals surface area contributed by atoms with Crippen molar-refractivity contribution in [1.82, 2.24) is 10.2 Å². The number of carbonyl (C=O) groups excluding carboxylic acids is 2. The molecule has 1 atom stereocenters. The minimum absolute atomic E-state index is 0.0298. The molecule has 0 bridgehead atoms. The monoisotopic (exact) mass is 591 g/mol. The predicted octanol–water partition coefficient (Wildman–Crippen LogP) is 4.80. The second-order valence-electron chi connectivity index (χ2n) is 9.86. The number of carbonyl (C=O) groups is 2. The molecule has 1 N–H and O–H groups in total. The van der Waals surface area contributed by atoms with Crippen molar-refractivity contribution in [3.8, 4) is 0 Å². The zero-order valence-electron chi connectivity index (χ0n) is 22.5. The quantitative estimate of drug-likeness (QED) is 0.328. The topological polar surface area (TPSA) is 86.8 Å². The number of amides is 2. The van der Waals surface area contributed by atoms with E-state index in [-0.39, 0.29) is 24.6 Å². The first-order valence-corrected chi connectivity index (χ1v) is 14.9. The van der Waals surface area contributed by atoms with Crippen LogP contribution in [0.5, 0.6) is 0 Å². The number of sulfonamides is 1. The molecule has 0 radical (unpaired) electrons. The molecular weight excluding hydrogens is 560 g/mol. The Labute approximate surface area is 238 Å². The van der Waals surface area contributed by atoms with Gasteiger partial charge >= 0.3 is 0 Å². The Bertz CT molecular complexity index is 1420. The summed E-state index contributed by atoms with van der Waals surface area (Å²) in [5.74, 6) is -3.37. The Morgan fingerprint density at radius 3 is 2.15 bits per heavy atom. The molecule has 3 rings (SSSR count). The summed E-state index contributed by atoms with van der Waals surface area (Å²) in [4.78, 5) is 28.8. The molecule has 0 heterocycles. The van der Waals surface area contributed by atoms with Crippen LogP contribution in [0.1, 0.15) is 25.0 Å². The van der Waals surface area contributed by atoms with Crippen LogP contribution in [-0.2, 0) is 32.6 Å². The molecule has 0 saturated heterocycles. The van der Waals surface area contributed by atoms with Gasteiger partial charge in [0.05, 0.1) is 11.9 Å². The van der Waals surface area contributed by atoms with E-state index >= 15 is 0 Å². The number of nitrogens with zero attached hydrogens (tertiary/aromatic N) is 2. The number of halogens is 3. The van der Waals surface area contributed by atoms with Crippen molar-refractivity contribution in [1.29, 1.82) is 0 Å². The maximum atomic E-state index is 14.0. The minimum atomic E-state index is -4.10. The molecular formula is C29H32ClF2N3O4S. The van der Waals surface area contributed by atoms with E-state index in [4.69, 9.17) is 11.6 Å². The number of anilines is 1. The van der Waals surface area contributed by atoms with Gasteiger partial charge in [-0.15, -0.1) is 0 Å². The average molecular weight is 592 g/mol. The molecule has 40 heavy (non-hydrogen) atoms. The van der Waals surface area contributed by atoms with Crippen molar-refractivity contribution in [2.45, 2.75) is 32.9 Å². The molecule has 0 saturated carbocycles. The van der Waals surface area contributed by atoms with E-state index in [1.54, 1.807) is 24.3 Å². The Kier molecular flexibility index (Phi) is 10.6. The molecule has 3 aromatic rings. The van der Waals surface area contributed by atoms with Crippen LogP contribution in [-0.4, -0.2) is 50.5 Å². The molecule has 0 aromatic heterocycles. The Morgan fingerprint density at radius 2 is 1.57 bits per heavy atom. The smallest absolute Gasteiger partial charge is 0.244 e. The third kappa shape index (κ3) is 8.76. The van der Waals surface area contributed by atoms with Crippen LogP contribution in [0.2, 0.25) is 5.02 Å².